The highest BCUT2D eigenvalue weighted by atomic mass is 79.9. The van der Waals surface area contributed by atoms with E-state index in [4.69, 9.17) is 0 Å². The first-order valence-corrected chi connectivity index (χ1v) is 6.49. The van der Waals surface area contributed by atoms with Crippen LogP contribution in [0.25, 0.3) is 11.1 Å². The summed E-state index contributed by atoms with van der Waals surface area (Å²) in [6, 6.07) is 15.0. The van der Waals surface area contributed by atoms with E-state index in [-0.39, 0.29) is 4.90 Å². The van der Waals surface area contributed by atoms with Gasteiger partial charge in [-0.2, -0.15) is 0 Å². The molecule has 0 N–H and O–H groups in total. The van der Waals surface area contributed by atoms with Crippen molar-refractivity contribution in [3.8, 4) is 11.1 Å². The van der Waals surface area contributed by atoms with E-state index < -0.39 is 11.1 Å². The molecule has 0 saturated carbocycles. The zero-order valence-electron chi connectivity index (χ0n) is 8.22. The summed E-state index contributed by atoms with van der Waals surface area (Å²) in [5.41, 5.74) is 2.05. The summed E-state index contributed by atoms with van der Waals surface area (Å²) in [5, 5.41) is 0. The molecule has 1 unspecified atom stereocenters. The Balaban J connectivity index is 2.46. The van der Waals surface area contributed by atoms with Crippen molar-refractivity contribution in [1.82, 2.24) is 0 Å². The molecule has 0 fully saturated rings. The molecule has 0 aliphatic carbocycles. The average molecular weight is 296 g/mol. The molecule has 82 valence electrons. The topological polar surface area (TPSA) is 40.1 Å². The van der Waals surface area contributed by atoms with Gasteiger partial charge >= 0.3 is 0 Å². The van der Waals surface area contributed by atoms with E-state index in [0.717, 1.165) is 11.1 Å². The lowest BCUT2D eigenvalue weighted by atomic mass is 10.1. The van der Waals surface area contributed by atoms with Crippen LogP contribution in [0.5, 0.6) is 0 Å². The van der Waals surface area contributed by atoms with Gasteiger partial charge in [-0.05, 0) is 50.3 Å². The van der Waals surface area contributed by atoms with Crippen molar-refractivity contribution < 1.29 is 8.76 Å². The van der Waals surface area contributed by atoms with E-state index in [1.165, 1.54) is 0 Å². The molecule has 0 aromatic heterocycles. The Kier molecular flexibility index (Phi) is 3.53. The second-order valence-corrected chi connectivity index (χ2v) is 5.01. The first-order valence-electron chi connectivity index (χ1n) is 4.63. The fraction of sp³-hybridized carbons (Fsp3) is 0. The molecule has 0 heterocycles. The molecule has 0 spiro atoms. The van der Waals surface area contributed by atoms with E-state index in [1.54, 1.807) is 18.2 Å². The minimum Gasteiger partial charge on any atom is -0.768 e. The van der Waals surface area contributed by atoms with Gasteiger partial charge < -0.3 is 4.55 Å². The summed E-state index contributed by atoms with van der Waals surface area (Å²) >= 11 is 1.05. The smallest absolute Gasteiger partial charge is 0.0391 e. The number of hydrogen-bond donors (Lipinski definition) is 0. The Morgan fingerprint density at radius 3 is 2.25 bits per heavy atom. The highest BCUT2D eigenvalue weighted by molar-refractivity contribution is 9.10. The molecule has 4 heteroatoms. The van der Waals surface area contributed by atoms with Crippen LogP contribution < -0.4 is 0 Å². The molecule has 2 rings (SSSR count). The summed E-state index contributed by atoms with van der Waals surface area (Å²) in [5.74, 6) is 0. The van der Waals surface area contributed by atoms with Crippen molar-refractivity contribution in [2.45, 2.75) is 4.90 Å². The molecule has 0 saturated heterocycles. The van der Waals surface area contributed by atoms with Crippen LogP contribution in [0.3, 0.4) is 0 Å². The predicted molar refractivity (Wildman–Crippen MR) is 66.8 cm³/mol. The van der Waals surface area contributed by atoms with E-state index in [9.17, 15) is 8.76 Å². The Labute approximate surface area is 105 Å². The molecule has 0 aliphatic rings. The zero-order chi connectivity index (χ0) is 11.5. The molecule has 0 aliphatic heterocycles. The Morgan fingerprint density at radius 2 is 1.69 bits per heavy atom. The third-order valence-corrected chi connectivity index (χ3v) is 3.85. The molecule has 1 atom stereocenters. The highest BCUT2D eigenvalue weighted by Crippen LogP contribution is 2.27. The fourth-order valence-electron chi connectivity index (χ4n) is 1.45. The summed E-state index contributed by atoms with van der Waals surface area (Å²) in [7, 11) is 0. The van der Waals surface area contributed by atoms with Gasteiger partial charge in [-0.1, -0.05) is 36.4 Å². The molecule has 0 radical (unpaired) electrons. The lowest BCUT2D eigenvalue weighted by molar-refractivity contribution is 0.536. The van der Waals surface area contributed by atoms with Crippen molar-refractivity contribution in [2.24, 2.45) is 0 Å². The Bertz CT molecular complexity index is 526. The van der Waals surface area contributed by atoms with Crippen LogP contribution in [-0.4, -0.2) is 8.76 Å². The number of rotatable bonds is 2. The Morgan fingerprint density at radius 1 is 1.00 bits per heavy atom. The van der Waals surface area contributed by atoms with Crippen LogP contribution in [-0.2, 0) is 11.1 Å². The molecule has 2 aromatic rings. The van der Waals surface area contributed by atoms with E-state index in [1.807, 2.05) is 30.3 Å². The minimum atomic E-state index is -2.20. The molecular weight excluding hydrogens is 288 g/mol. The third kappa shape index (κ3) is 2.40. The summed E-state index contributed by atoms with van der Waals surface area (Å²) in [6.07, 6.45) is 0. The maximum absolute atomic E-state index is 10.8. The van der Waals surface area contributed by atoms with Gasteiger partial charge in [0.2, 0.25) is 0 Å². The van der Waals surface area contributed by atoms with Gasteiger partial charge in [0.05, 0.1) is 0 Å². The van der Waals surface area contributed by atoms with Crippen molar-refractivity contribution in [3.63, 3.8) is 0 Å². The largest absolute Gasteiger partial charge is 0.768 e. The minimum absolute atomic E-state index is 0.277. The number of halogens is 1. The van der Waals surface area contributed by atoms with Gasteiger partial charge in [-0.15, -0.1) is 0 Å². The van der Waals surface area contributed by atoms with Crippen LogP contribution >= 0.6 is 15.9 Å². The predicted octanol–water partition coefficient (Wildman–Crippen LogP) is 3.35. The van der Waals surface area contributed by atoms with Gasteiger partial charge in [0, 0.05) is 9.37 Å². The summed E-state index contributed by atoms with van der Waals surface area (Å²) < 4.78 is 22.3. The molecule has 16 heavy (non-hydrogen) atoms. The molecular formula is C12H8BrO2S-. The number of benzene rings is 2. The van der Waals surface area contributed by atoms with Crippen molar-refractivity contribution in [1.29, 1.82) is 0 Å². The highest BCUT2D eigenvalue weighted by Gasteiger charge is 2.03. The fourth-order valence-corrected chi connectivity index (χ4v) is 2.62. The molecule has 0 bridgehead atoms. The normalized spacial score (nSPS) is 12.4. The quantitative estimate of drug-likeness (QED) is 0.797. The lowest BCUT2D eigenvalue weighted by Crippen LogP contribution is -1.90. The van der Waals surface area contributed by atoms with Crippen LogP contribution in [0.4, 0.5) is 0 Å². The van der Waals surface area contributed by atoms with Crippen LogP contribution in [0, 0.1) is 0 Å². The van der Waals surface area contributed by atoms with E-state index in [0.29, 0.717) is 4.47 Å². The maximum atomic E-state index is 10.8. The van der Waals surface area contributed by atoms with Gasteiger partial charge in [-0.3, -0.25) is 4.21 Å². The van der Waals surface area contributed by atoms with Crippen LogP contribution in [0.15, 0.2) is 57.9 Å². The summed E-state index contributed by atoms with van der Waals surface area (Å²) in [6.45, 7) is 0. The maximum Gasteiger partial charge on any atom is 0.0391 e. The SMILES string of the molecule is O=S([O-])c1ccc(-c2ccccc2)cc1Br. The van der Waals surface area contributed by atoms with Gasteiger partial charge in [-0.25, -0.2) is 0 Å². The van der Waals surface area contributed by atoms with E-state index >= 15 is 0 Å². The van der Waals surface area contributed by atoms with Crippen molar-refractivity contribution in [2.75, 3.05) is 0 Å². The van der Waals surface area contributed by atoms with E-state index in [2.05, 4.69) is 15.9 Å². The molecule has 0 amide bonds. The van der Waals surface area contributed by atoms with Crippen LogP contribution in [0.1, 0.15) is 0 Å². The van der Waals surface area contributed by atoms with Crippen LogP contribution in [0.2, 0.25) is 0 Å². The van der Waals surface area contributed by atoms with Crippen molar-refractivity contribution in [3.05, 3.63) is 53.0 Å². The standard InChI is InChI=1S/C12H9BrO2S/c13-11-8-10(6-7-12(11)16(14)15)9-4-2-1-3-5-9/h1-8H,(H,14,15)/p-1. The number of hydrogen-bond acceptors (Lipinski definition) is 2. The first kappa shape index (κ1) is 11.5. The van der Waals surface area contributed by atoms with Gasteiger partial charge in [0.15, 0.2) is 0 Å². The summed E-state index contributed by atoms with van der Waals surface area (Å²) in [4.78, 5) is 0.277. The monoisotopic (exact) mass is 295 g/mol. The second kappa shape index (κ2) is 4.91. The van der Waals surface area contributed by atoms with Crippen molar-refractivity contribution >= 4 is 27.0 Å². The van der Waals surface area contributed by atoms with Gasteiger partial charge in [0.1, 0.15) is 0 Å². The lowest BCUT2D eigenvalue weighted by Gasteiger charge is -2.09. The second-order valence-electron chi connectivity index (χ2n) is 3.25. The average Bonchev–Trinajstić information content (AvgIpc) is 2.29. The Hall–Kier alpha value is -0.970. The van der Waals surface area contributed by atoms with Gasteiger partial charge in [0.25, 0.3) is 0 Å². The molecule has 2 nitrogen and oxygen atoms in total. The first-order chi connectivity index (χ1) is 7.68. The zero-order valence-corrected chi connectivity index (χ0v) is 10.6. The third-order valence-electron chi connectivity index (χ3n) is 2.22. The molecule has 2 aromatic carbocycles.